The molecular weight excluding hydrogens is 395 g/mol. The number of alkyl halides is 3. The van der Waals surface area contributed by atoms with E-state index in [0.29, 0.717) is 10.8 Å². The van der Waals surface area contributed by atoms with Gasteiger partial charge >= 0.3 is 6.18 Å². The number of ether oxygens (including phenoxy) is 1. The lowest BCUT2D eigenvalue weighted by atomic mass is 9.98. The Balaban J connectivity index is 1.95. The summed E-state index contributed by atoms with van der Waals surface area (Å²) < 4.78 is 47.3. The standard InChI is InChI=1S/C19H13ClF3N3O2/c1-12(9-26-11-24-10-25-26)18(27)16-7-6-15(8-17(16)19(21,22)23)28-14-4-2-13(20)3-5-14/h2-11H,1H3/b12-9+. The van der Waals surface area contributed by atoms with Crippen LogP contribution in [-0.2, 0) is 6.18 Å². The van der Waals surface area contributed by atoms with Gasteiger partial charge in [0, 0.05) is 22.4 Å². The van der Waals surface area contributed by atoms with Crippen molar-refractivity contribution in [3.8, 4) is 11.5 Å². The highest BCUT2D eigenvalue weighted by Gasteiger charge is 2.36. The molecule has 0 bridgehead atoms. The summed E-state index contributed by atoms with van der Waals surface area (Å²) in [7, 11) is 0. The smallest absolute Gasteiger partial charge is 0.417 e. The van der Waals surface area contributed by atoms with Gasteiger partial charge in [0.2, 0.25) is 0 Å². The molecule has 3 rings (SSSR count). The molecule has 0 saturated carbocycles. The van der Waals surface area contributed by atoms with Crippen LogP contribution in [0.15, 0.2) is 60.7 Å². The topological polar surface area (TPSA) is 57.0 Å². The lowest BCUT2D eigenvalue weighted by Crippen LogP contribution is -2.14. The van der Waals surface area contributed by atoms with Gasteiger partial charge in [-0.15, -0.1) is 0 Å². The lowest BCUT2D eigenvalue weighted by molar-refractivity contribution is -0.138. The van der Waals surface area contributed by atoms with E-state index in [1.807, 2.05) is 0 Å². The number of carbonyl (C=O) groups is 1. The van der Waals surface area contributed by atoms with E-state index < -0.39 is 23.1 Å². The predicted octanol–water partition coefficient (Wildman–Crippen LogP) is 5.49. The Morgan fingerprint density at radius 2 is 1.82 bits per heavy atom. The SMILES string of the molecule is C/C(=C\n1cncn1)C(=O)c1ccc(Oc2ccc(Cl)cc2)cc1C(F)(F)F. The van der Waals surface area contributed by atoms with E-state index in [4.69, 9.17) is 16.3 Å². The number of hydrogen-bond donors (Lipinski definition) is 0. The molecule has 0 amide bonds. The van der Waals surface area contributed by atoms with Gasteiger partial charge in [0.15, 0.2) is 5.78 Å². The Bertz CT molecular complexity index is 1010. The third-order valence-electron chi connectivity index (χ3n) is 3.71. The highest BCUT2D eigenvalue weighted by atomic mass is 35.5. The van der Waals surface area contributed by atoms with Gasteiger partial charge in [-0.05, 0) is 49.4 Å². The van der Waals surface area contributed by atoms with Crippen molar-refractivity contribution in [1.29, 1.82) is 0 Å². The number of nitrogens with zero attached hydrogens (tertiary/aromatic N) is 3. The number of hydrogen-bond acceptors (Lipinski definition) is 4. The van der Waals surface area contributed by atoms with Crippen molar-refractivity contribution in [3.63, 3.8) is 0 Å². The van der Waals surface area contributed by atoms with Crippen LogP contribution in [-0.4, -0.2) is 20.5 Å². The van der Waals surface area contributed by atoms with Crippen LogP contribution in [0.5, 0.6) is 11.5 Å². The number of allylic oxidation sites excluding steroid dienone is 1. The molecule has 2 aromatic carbocycles. The number of rotatable bonds is 5. The van der Waals surface area contributed by atoms with Crippen LogP contribution in [0.25, 0.3) is 6.20 Å². The maximum Gasteiger partial charge on any atom is 0.417 e. The Kier molecular flexibility index (Phi) is 5.51. The van der Waals surface area contributed by atoms with Gasteiger partial charge in [-0.3, -0.25) is 4.79 Å². The highest BCUT2D eigenvalue weighted by molar-refractivity contribution is 6.30. The van der Waals surface area contributed by atoms with Gasteiger partial charge in [-0.25, -0.2) is 9.67 Å². The van der Waals surface area contributed by atoms with Crippen LogP contribution in [0.1, 0.15) is 22.8 Å². The van der Waals surface area contributed by atoms with Gasteiger partial charge in [-0.2, -0.15) is 18.3 Å². The number of halogens is 4. The first kappa shape index (κ1) is 19.6. The van der Waals surface area contributed by atoms with Crippen LogP contribution in [0.4, 0.5) is 13.2 Å². The minimum Gasteiger partial charge on any atom is -0.457 e. The van der Waals surface area contributed by atoms with Gasteiger partial charge in [0.1, 0.15) is 24.2 Å². The molecule has 28 heavy (non-hydrogen) atoms. The molecule has 3 aromatic rings. The molecule has 0 saturated heterocycles. The van der Waals surface area contributed by atoms with Crippen LogP contribution >= 0.6 is 11.6 Å². The van der Waals surface area contributed by atoms with E-state index >= 15 is 0 Å². The summed E-state index contributed by atoms with van der Waals surface area (Å²) in [5, 5.41) is 4.27. The summed E-state index contributed by atoms with van der Waals surface area (Å²) in [6, 6.07) is 9.36. The van der Waals surface area contributed by atoms with Gasteiger partial charge in [0.05, 0.1) is 5.56 Å². The quantitative estimate of drug-likeness (QED) is 0.414. The van der Waals surface area contributed by atoms with Gasteiger partial charge in [-0.1, -0.05) is 11.6 Å². The number of aromatic nitrogens is 3. The molecule has 0 spiro atoms. The summed E-state index contributed by atoms with van der Waals surface area (Å²) in [5.41, 5.74) is -1.50. The molecule has 9 heteroatoms. The molecule has 0 atom stereocenters. The fraction of sp³-hybridized carbons (Fsp3) is 0.105. The highest BCUT2D eigenvalue weighted by Crippen LogP contribution is 2.36. The summed E-state index contributed by atoms with van der Waals surface area (Å²) in [4.78, 5) is 16.3. The number of benzene rings is 2. The molecule has 0 aliphatic carbocycles. The Morgan fingerprint density at radius 3 is 2.43 bits per heavy atom. The first-order valence-corrected chi connectivity index (χ1v) is 8.34. The number of ketones is 1. The predicted molar refractivity (Wildman–Crippen MR) is 97.3 cm³/mol. The minimum atomic E-state index is -4.74. The molecule has 1 heterocycles. The Hall–Kier alpha value is -3.13. The average molecular weight is 408 g/mol. The summed E-state index contributed by atoms with van der Waals surface area (Å²) >= 11 is 5.78. The molecule has 0 unspecified atom stereocenters. The van der Waals surface area contributed by atoms with E-state index in [1.165, 1.54) is 48.7 Å². The Morgan fingerprint density at radius 1 is 1.14 bits per heavy atom. The second-order valence-electron chi connectivity index (χ2n) is 5.78. The Labute approximate surface area is 163 Å². The number of Topliss-reactive ketones (excluding diaryl/α,β-unsaturated/α-hetero) is 1. The molecular formula is C19H13ClF3N3O2. The van der Waals surface area contributed by atoms with Crippen LogP contribution in [0, 0.1) is 0 Å². The average Bonchev–Trinajstić information content (AvgIpc) is 3.15. The van der Waals surface area contributed by atoms with Crippen molar-refractivity contribution in [2.45, 2.75) is 13.1 Å². The normalized spacial score (nSPS) is 12.1. The van der Waals surface area contributed by atoms with Crippen LogP contribution in [0.2, 0.25) is 5.02 Å². The molecule has 1 aromatic heterocycles. The second kappa shape index (κ2) is 7.85. The third kappa shape index (κ3) is 4.58. The maximum absolute atomic E-state index is 13.5. The van der Waals surface area contributed by atoms with Crippen LogP contribution in [0.3, 0.4) is 0 Å². The summed E-state index contributed by atoms with van der Waals surface area (Å²) in [5.74, 6) is -0.510. The molecule has 5 nitrogen and oxygen atoms in total. The van der Waals surface area contributed by atoms with Crippen molar-refractivity contribution >= 4 is 23.6 Å². The zero-order valence-corrected chi connectivity index (χ0v) is 15.2. The van der Waals surface area contributed by atoms with Crippen molar-refractivity contribution in [2.24, 2.45) is 0 Å². The van der Waals surface area contributed by atoms with Crippen molar-refractivity contribution in [1.82, 2.24) is 14.8 Å². The van der Waals surface area contributed by atoms with E-state index in [0.717, 1.165) is 12.1 Å². The zero-order chi connectivity index (χ0) is 20.3. The molecule has 0 radical (unpaired) electrons. The van der Waals surface area contributed by atoms with Crippen LogP contribution < -0.4 is 4.74 Å². The monoisotopic (exact) mass is 407 g/mol. The molecule has 144 valence electrons. The lowest BCUT2D eigenvalue weighted by Gasteiger charge is -2.14. The van der Waals surface area contributed by atoms with E-state index in [-0.39, 0.29) is 11.3 Å². The van der Waals surface area contributed by atoms with E-state index in [2.05, 4.69) is 10.1 Å². The first-order valence-electron chi connectivity index (χ1n) is 7.96. The maximum atomic E-state index is 13.5. The third-order valence-corrected chi connectivity index (χ3v) is 3.96. The van der Waals surface area contributed by atoms with Gasteiger partial charge < -0.3 is 4.74 Å². The first-order chi connectivity index (χ1) is 13.2. The molecule has 0 aliphatic rings. The van der Waals surface area contributed by atoms with Crippen molar-refractivity contribution < 1.29 is 22.7 Å². The fourth-order valence-electron chi connectivity index (χ4n) is 2.41. The zero-order valence-electron chi connectivity index (χ0n) is 14.4. The summed E-state index contributed by atoms with van der Waals surface area (Å²) in [6.07, 6.45) is -0.867. The second-order valence-corrected chi connectivity index (χ2v) is 6.21. The van der Waals surface area contributed by atoms with Crippen molar-refractivity contribution in [3.05, 3.63) is 76.8 Å². The van der Waals surface area contributed by atoms with Gasteiger partial charge in [0.25, 0.3) is 0 Å². The minimum absolute atomic E-state index is 0.0518. The summed E-state index contributed by atoms with van der Waals surface area (Å²) in [6.45, 7) is 1.41. The van der Waals surface area contributed by atoms with E-state index in [1.54, 1.807) is 12.1 Å². The largest absolute Gasteiger partial charge is 0.457 e. The molecule has 0 fully saturated rings. The van der Waals surface area contributed by atoms with E-state index in [9.17, 15) is 18.0 Å². The van der Waals surface area contributed by atoms with Crippen molar-refractivity contribution in [2.75, 3.05) is 0 Å². The fourth-order valence-corrected chi connectivity index (χ4v) is 2.54. The molecule has 0 N–H and O–H groups in total. The number of carbonyl (C=O) groups excluding carboxylic acids is 1. The molecule has 0 aliphatic heterocycles.